The number of alkyl halides is 2. The summed E-state index contributed by atoms with van der Waals surface area (Å²) < 4.78 is 37.4. The third kappa shape index (κ3) is 1.74. The lowest BCUT2D eigenvalue weighted by molar-refractivity contribution is 0.437. The molecule has 0 bridgehead atoms. The molecule has 0 aliphatic rings. The van der Waals surface area contributed by atoms with Crippen molar-refractivity contribution >= 4 is 15.9 Å². The molecule has 1 atom stereocenters. The van der Waals surface area contributed by atoms with Crippen LogP contribution in [0.2, 0.25) is 0 Å². The highest BCUT2D eigenvalue weighted by molar-refractivity contribution is 9.09. The van der Waals surface area contributed by atoms with Crippen LogP contribution in [-0.4, -0.2) is 0 Å². The van der Waals surface area contributed by atoms with Crippen molar-refractivity contribution in [3.05, 3.63) is 35.4 Å². The first kappa shape index (κ1) is 8.59. The van der Waals surface area contributed by atoms with Gasteiger partial charge in [0.05, 0.1) is 0 Å². The smallest absolute Gasteiger partial charge is 0.182 e. The van der Waals surface area contributed by atoms with Gasteiger partial charge in [0.15, 0.2) is 16.7 Å². The van der Waals surface area contributed by atoms with Crippen LogP contribution >= 0.6 is 15.9 Å². The Bertz CT molecular complexity index is 260. The van der Waals surface area contributed by atoms with Crippen molar-refractivity contribution in [2.75, 3.05) is 0 Å². The summed E-state index contributed by atoms with van der Waals surface area (Å²) in [6.45, 7) is 0. The Morgan fingerprint density at radius 2 is 1.91 bits per heavy atom. The molecule has 0 aliphatic carbocycles. The van der Waals surface area contributed by atoms with E-state index in [1.165, 1.54) is 12.1 Å². The molecule has 0 saturated heterocycles. The molecule has 0 fully saturated rings. The van der Waals surface area contributed by atoms with E-state index in [4.69, 9.17) is 0 Å². The first-order valence-electron chi connectivity index (χ1n) is 2.85. The second-order valence-electron chi connectivity index (χ2n) is 1.94. The van der Waals surface area contributed by atoms with Crippen LogP contribution in [0.25, 0.3) is 0 Å². The van der Waals surface area contributed by atoms with Crippen molar-refractivity contribution in [1.29, 1.82) is 0 Å². The minimum Gasteiger partial charge on any atom is -0.230 e. The van der Waals surface area contributed by atoms with Crippen LogP contribution < -0.4 is 0 Å². The van der Waals surface area contributed by atoms with Gasteiger partial charge in [-0.1, -0.05) is 12.1 Å². The van der Waals surface area contributed by atoms with Crippen LogP contribution in [0.1, 0.15) is 10.6 Å². The van der Waals surface area contributed by atoms with Crippen molar-refractivity contribution in [3.63, 3.8) is 0 Å². The third-order valence-corrected chi connectivity index (χ3v) is 1.71. The molecule has 1 aromatic rings. The van der Waals surface area contributed by atoms with Gasteiger partial charge < -0.3 is 0 Å². The molecule has 4 heteroatoms. The fourth-order valence-electron chi connectivity index (χ4n) is 0.689. The highest BCUT2D eigenvalue weighted by Gasteiger charge is 2.13. The fraction of sp³-hybridized carbons (Fsp3) is 0.143. The molecule has 1 aromatic carbocycles. The van der Waals surface area contributed by atoms with Crippen molar-refractivity contribution in [2.45, 2.75) is 5.08 Å². The Kier molecular flexibility index (Phi) is 2.54. The molecular weight excluding hydrogens is 221 g/mol. The van der Waals surface area contributed by atoms with Crippen LogP contribution in [-0.2, 0) is 0 Å². The molecule has 0 N–H and O–H groups in total. The zero-order valence-electron chi connectivity index (χ0n) is 5.32. The lowest BCUT2D eigenvalue weighted by atomic mass is 10.2. The van der Waals surface area contributed by atoms with Crippen molar-refractivity contribution in [3.8, 4) is 0 Å². The van der Waals surface area contributed by atoms with E-state index in [0.717, 1.165) is 6.07 Å². The van der Waals surface area contributed by atoms with Gasteiger partial charge in [-0.3, -0.25) is 0 Å². The molecule has 60 valence electrons. The summed E-state index contributed by atoms with van der Waals surface area (Å²) in [5.74, 6) is -2.18. The largest absolute Gasteiger partial charge is 0.230 e. The third-order valence-electron chi connectivity index (χ3n) is 1.22. The average molecular weight is 225 g/mol. The Morgan fingerprint density at radius 3 is 2.36 bits per heavy atom. The van der Waals surface area contributed by atoms with E-state index >= 15 is 0 Å². The van der Waals surface area contributed by atoms with Gasteiger partial charge >= 0.3 is 0 Å². The van der Waals surface area contributed by atoms with Gasteiger partial charge in [0.2, 0.25) is 0 Å². The minimum absolute atomic E-state index is 0.315. The monoisotopic (exact) mass is 224 g/mol. The maximum absolute atomic E-state index is 12.6. The molecule has 1 unspecified atom stereocenters. The van der Waals surface area contributed by atoms with Crippen LogP contribution in [0, 0.1) is 11.6 Å². The van der Waals surface area contributed by atoms with Gasteiger partial charge in [0.1, 0.15) is 0 Å². The van der Waals surface area contributed by atoms with Gasteiger partial charge in [-0.15, -0.1) is 0 Å². The Hall–Kier alpha value is -0.510. The van der Waals surface area contributed by atoms with Crippen LogP contribution in [0.5, 0.6) is 0 Å². The molecule has 0 aliphatic heterocycles. The van der Waals surface area contributed by atoms with E-state index in [2.05, 4.69) is 15.9 Å². The normalized spacial score (nSPS) is 13.1. The molecule has 0 saturated carbocycles. The zero-order chi connectivity index (χ0) is 8.43. The van der Waals surface area contributed by atoms with Crippen LogP contribution in [0.4, 0.5) is 13.2 Å². The highest BCUT2D eigenvalue weighted by atomic mass is 79.9. The molecule has 0 nitrogen and oxygen atoms in total. The number of halogens is 4. The van der Waals surface area contributed by atoms with Crippen LogP contribution in [0.3, 0.4) is 0 Å². The van der Waals surface area contributed by atoms with E-state index in [1.807, 2.05) is 0 Å². The first-order valence-corrected chi connectivity index (χ1v) is 3.76. The maximum atomic E-state index is 12.6. The molecule has 0 aromatic heterocycles. The molecule has 0 spiro atoms. The lowest BCUT2D eigenvalue weighted by Gasteiger charge is -2.01. The van der Waals surface area contributed by atoms with E-state index in [0.29, 0.717) is 0 Å². The quantitative estimate of drug-likeness (QED) is 0.643. The molecule has 1 rings (SSSR count). The zero-order valence-corrected chi connectivity index (χ0v) is 6.91. The second-order valence-corrected chi connectivity index (χ2v) is 2.75. The van der Waals surface area contributed by atoms with E-state index < -0.39 is 16.7 Å². The second kappa shape index (κ2) is 3.26. The Morgan fingerprint density at radius 1 is 1.27 bits per heavy atom. The molecule has 0 radical (unpaired) electrons. The predicted octanol–water partition coefficient (Wildman–Crippen LogP) is 3.33. The van der Waals surface area contributed by atoms with Crippen molar-refractivity contribution in [1.82, 2.24) is 0 Å². The SMILES string of the molecule is Fc1cccc(C(F)Br)c1F. The summed E-state index contributed by atoms with van der Waals surface area (Å²) in [5, 5.41) is -1.65. The summed E-state index contributed by atoms with van der Waals surface area (Å²) in [7, 11) is 0. The maximum Gasteiger partial charge on any atom is 0.182 e. The van der Waals surface area contributed by atoms with Gasteiger partial charge in [0, 0.05) is 5.56 Å². The Balaban J connectivity index is 3.17. The number of benzene rings is 1. The first-order chi connectivity index (χ1) is 5.13. The van der Waals surface area contributed by atoms with Crippen molar-refractivity contribution < 1.29 is 13.2 Å². The summed E-state index contributed by atoms with van der Waals surface area (Å²) in [5.41, 5.74) is -0.315. The summed E-state index contributed by atoms with van der Waals surface area (Å²) >= 11 is 2.49. The molecule has 0 amide bonds. The average Bonchev–Trinajstić information content (AvgIpc) is 1.94. The predicted molar refractivity (Wildman–Crippen MR) is 39.1 cm³/mol. The van der Waals surface area contributed by atoms with Gasteiger partial charge in [-0.2, -0.15) is 0 Å². The molecule has 11 heavy (non-hydrogen) atoms. The fourth-order valence-corrected chi connectivity index (χ4v) is 1.04. The molecule has 0 heterocycles. The van der Waals surface area contributed by atoms with Crippen LogP contribution in [0.15, 0.2) is 18.2 Å². The number of hydrogen-bond donors (Lipinski definition) is 0. The lowest BCUT2D eigenvalue weighted by Crippen LogP contribution is -1.92. The van der Waals surface area contributed by atoms with E-state index in [9.17, 15) is 13.2 Å². The highest BCUT2D eigenvalue weighted by Crippen LogP contribution is 2.26. The summed E-state index contributed by atoms with van der Waals surface area (Å²) in [4.78, 5) is 0. The summed E-state index contributed by atoms with van der Waals surface area (Å²) in [6.07, 6.45) is 0. The van der Waals surface area contributed by atoms with Gasteiger partial charge in [0.25, 0.3) is 0 Å². The van der Waals surface area contributed by atoms with E-state index in [-0.39, 0.29) is 5.56 Å². The summed E-state index contributed by atoms with van der Waals surface area (Å²) in [6, 6.07) is 3.37. The van der Waals surface area contributed by atoms with E-state index in [1.54, 1.807) is 0 Å². The topological polar surface area (TPSA) is 0 Å². The molecular formula is C7H4BrF3. The Labute approximate surface area is 70.2 Å². The van der Waals surface area contributed by atoms with Gasteiger partial charge in [-0.05, 0) is 22.0 Å². The standard InChI is InChI=1S/C7H4BrF3/c8-7(11)4-2-1-3-5(9)6(4)10/h1-3,7H. The van der Waals surface area contributed by atoms with Crippen molar-refractivity contribution in [2.24, 2.45) is 0 Å². The van der Waals surface area contributed by atoms with Gasteiger partial charge in [-0.25, -0.2) is 13.2 Å². The minimum atomic E-state index is -1.65. The number of hydrogen-bond acceptors (Lipinski definition) is 0. The number of rotatable bonds is 1.